The van der Waals surface area contributed by atoms with Crippen molar-refractivity contribution in [3.63, 3.8) is 0 Å². The first-order valence-electron chi connectivity index (χ1n) is 5.46. The Kier molecular flexibility index (Phi) is 4.69. The van der Waals surface area contributed by atoms with E-state index in [0.29, 0.717) is 5.56 Å². The van der Waals surface area contributed by atoms with Crippen molar-refractivity contribution in [1.82, 2.24) is 5.32 Å². The number of hydrogen-bond acceptors (Lipinski definition) is 2. The highest BCUT2D eigenvalue weighted by Gasteiger charge is 2.40. The number of benzene rings is 1. The molecule has 0 unspecified atom stereocenters. The van der Waals surface area contributed by atoms with Crippen molar-refractivity contribution in [2.75, 3.05) is 0 Å². The molecule has 1 aromatic carbocycles. The van der Waals surface area contributed by atoms with Crippen LogP contribution in [-0.2, 0) is 9.59 Å². The summed E-state index contributed by atoms with van der Waals surface area (Å²) in [5.41, 5.74) is 0.207. The summed E-state index contributed by atoms with van der Waals surface area (Å²) in [6, 6.07) is 2.01. The standard InChI is InChI=1S/C12H11F4NO3/c1-6-2-3-7(8(13)4-6)9(5-10(18)19)17-11(20)12(14,15)16/h2-4,9H,5H2,1H3,(H,17,20)(H,18,19)/t9-/m0/s1. The zero-order valence-corrected chi connectivity index (χ0v) is 10.3. The van der Waals surface area contributed by atoms with Crippen molar-refractivity contribution in [2.24, 2.45) is 0 Å². The molecule has 0 bridgehead atoms. The molecule has 1 amide bonds. The minimum Gasteiger partial charge on any atom is -0.481 e. The average molecular weight is 293 g/mol. The van der Waals surface area contributed by atoms with Crippen LogP contribution in [0.2, 0.25) is 0 Å². The Bertz CT molecular complexity index is 528. The van der Waals surface area contributed by atoms with Gasteiger partial charge in [0.1, 0.15) is 5.82 Å². The molecule has 0 aliphatic heterocycles. The van der Waals surface area contributed by atoms with Crippen LogP contribution in [-0.4, -0.2) is 23.2 Å². The molecule has 0 radical (unpaired) electrons. The number of nitrogens with one attached hydrogen (secondary N) is 1. The monoisotopic (exact) mass is 293 g/mol. The number of carbonyl (C=O) groups excluding carboxylic acids is 1. The van der Waals surface area contributed by atoms with Crippen molar-refractivity contribution in [2.45, 2.75) is 25.6 Å². The van der Waals surface area contributed by atoms with E-state index in [9.17, 15) is 27.2 Å². The predicted molar refractivity (Wildman–Crippen MR) is 60.3 cm³/mol. The van der Waals surface area contributed by atoms with E-state index in [-0.39, 0.29) is 5.56 Å². The van der Waals surface area contributed by atoms with Crippen LogP contribution in [0.25, 0.3) is 0 Å². The molecule has 0 aliphatic carbocycles. The maximum absolute atomic E-state index is 13.7. The highest BCUT2D eigenvalue weighted by Crippen LogP contribution is 2.24. The Morgan fingerprint density at radius 2 is 1.95 bits per heavy atom. The number of hydrogen-bond donors (Lipinski definition) is 2. The van der Waals surface area contributed by atoms with Crippen molar-refractivity contribution in [3.8, 4) is 0 Å². The second-order valence-corrected chi connectivity index (χ2v) is 4.15. The lowest BCUT2D eigenvalue weighted by atomic mass is 10.0. The maximum atomic E-state index is 13.7. The molecule has 0 fully saturated rings. The molecule has 0 spiro atoms. The molecular formula is C12H11F4NO3. The summed E-state index contributed by atoms with van der Waals surface area (Å²) in [5, 5.41) is 10.1. The summed E-state index contributed by atoms with van der Waals surface area (Å²) in [4.78, 5) is 21.5. The van der Waals surface area contributed by atoms with E-state index < -0.39 is 36.3 Å². The normalized spacial score (nSPS) is 12.8. The highest BCUT2D eigenvalue weighted by molar-refractivity contribution is 5.82. The molecule has 4 nitrogen and oxygen atoms in total. The first-order chi connectivity index (χ1) is 9.11. The van der Waals surface area contributed by atoms with Gasteiger partial charge in [0.25, 0.3) is 0 Å². The minimum atomic E-state index is -5.17. The van der Waals surface area contributed by atoms with Gasteiger partial charge in [0, 0.05) is 5.56 Å². The third-order valence-corrected chi connectivity index (χ3v) is 2.47. The topological polar surface area (TPSA) is 66.4 Å². The second-order valence-electron chi connectivity index (χ2n) is 4.15. The third-order valence-electron chi connectivity index (χ3n) is 2.47. The largest absolute Gasteiger partial charge is 0.481 e. The number of alkyl halides is 3. The van der Waals surface area contributed by atoms with E-state index in [1.807, 2.05) is 0 Å². The van der Waals surface area contributed by atoms with Crippen molar-refractivity contribution in [3.05, 3.63) is 35.1 Å². The maximum Gasteiger partial charge on any atom is 0.471 e. The molecular weight excluding hydrogens is 282 g/mol. The van der Waals surface area contributed by atoms with Gasteiger partial charge in [-0.1, -0.05) is 12.1 Å². The highest BCUT2D eigenvalue weighted by atomic mass is 19.4. The number of carboxylic acids is 1. The van der Waals surface area contributed by atoms with Gasteiger partial charge in [-0.25, -0.2) is 4.39 Å². The first kappa shape index (κ1) is 15.9. The van der Waals surface area contributed by atoms with E-state index in [4.69, 9.17) is 5.11 Å². The molecule has 0 heterocycles. The molecule has 20 heavy (non-hydrogen) atoms. The van der Waals surface area contributed by atoms with Gasteiger partial charge in [0.05, 0.1) is 12.5 Å². The summed E-state index contributed by atoms with van der Waals surface area (Å²) in [5.74, 6) is -4.65. The molecule has 1 rings (SSSR count). The van der Waals surface area contributed by atoms with Crippen LogP contribution in [0.1, 0.15) is 23.6 Å². The van der Waals surface area contributed by atoms with Crippen molar-refractivity contribution in [1.29, 1.82) is 0 Å². The lowest BCUT2D eigenvalue weighted by Crippen LogP contribution is -2.40. The Morgan fingerprint density at radius 1 is 1.35 bits per heavy atom. The lowest BCUT2D eigenvalue weighted by molar-refractivity contribution is -0.174. The predicted octanol–water partition coefficient (Wildman–Crippen LogP) is 2.33. The summed E-state index contributed by atoms with van der Waals surface area (Å²) < 4.78 is 50.2. The quantitative estimate of drug-likeness (QED) is 0.837. The van der Waals surface area contributed by atoms with Crippen molar-refractivity contribution < 1.29 is 32.3 Å². The van der Waals surface area contributed by atoms with Gasteiger partial charge in [-0.15, -0.1) is 0 Å². The van der Waals surface area contributed by atoms with Gasteiger partial charge in [0.2, 0.25) is 0 Å². The van der Waals surface area contributed by atoms with Gasteiger partial charge >= 0.3 is 18.1 Å². The average Bonchev–Trinajstić information content (AvgIpc) is 2.26. The lowest BCUT2D eigenvalue weighted by Gasteiger charge is -2.19. The molecule has 2 N–H and O–H groups in total. The molecule has 0 saturated heterocycles. The fraction of sp³-hybridized carbons (Fsp3) is 0.333. The Morgan fingerprint density at radius 3 is 2.40 bits per heavy atom. The van der Waals surface area contributed by atoms with E-state index in [2.05, 4.69) is 0 Å². The Balaban J connectivity index is 3.06. The van der Waals surface area contributed by atoms with Crippen LogP contribution < -0.4 is 5.32 Å². The van der Waals surface area contributed by atoms with Crippen LogP contribution in [0.15, 0.2) is 18.2 Å². The molecule has 110 valence electrons. The number of carbonyl (C=O) groups is 2. The number of carboxylic acid groups (broad SMARTS) is 1. The van der Waals surface area contributed by atoms with Gasteiger partial charge in [-0.05, 0) is 18.6 Å². The third kappa shape index (κ3) is 4.22. The van der Waals surface area contributed by atoms with Gasteiger partial charge < -0.3 is 10.4 Å². The number of amides is 1. The van der Waals surface area contributed by atoms with E-state index in [0.717, 1.165) is 12.1 Å². The van der Waals surface area contributed by atoms with Gasteiger partial charge in [0.15, 0.2) is 0 Å². The fourth-order valence-electron chi connectivity index (χ4n) is 1.57. The SMILES string of the molecule is Cc1ccc([C@H](CC(=O)O)NC(=O)C(F)(F)F)c(F)c1. The Labute approximate surface area is 111 Å². The zero-order valence-electron chi connectivity index (χ0n) is 10.3. The summed E-state index contributed by atoms with van der Waals surface area (Å²) in [6.07, 6.45) is -6.03. The molecule has 1 atom stereocenters. The number of halogens is 4. The van der Waals surface area contributed by atoms with Crippen LogP contribution >= 0.6 is 0 Å². The number of rotatable bonds is 4. The van der Waals surface area contributed by atoms with Crippen LogP contribution in [0, 0.1) is 12.7 Å². The second kappa shape index (κ2) is 5.89. The molecule has 1 aromatic rings. The minimum absolute atomic E-state index is 0.310. The molecule has 0 aromatic heterocycles. The summed E-state index contributed by atoms with van der Waals surface area (Å²) in [7, 11) is 0. The van der Waals surface area contributed by atoms with Crippen LogP contribution in [0.5, 0.6) is 0 Å². The number of aryl methyl sites for hydroxylation is 1. The Hall–Kier alpha value is -2.12. The first-order valence-corrected chi connectivity index (χ1v) is 5.46. The summed E-state index contributed by atoms with van der Waals surface area (Å²) >= 11 is 0. The van der Waals surface area contributed by atoms with Gasteiger partial charge in [-0.2, -0.15) is 13.2 Å². The fourth-order valence-corrected chi connectivity index (χ4v) is 1.57. The van der Waals surface area contributed by atoms with E-state index in [1.54, 1.807) is 6.92 Å². The van der Waals surface area contributed by atoms with E-state index in [1.165, 1.54) is 11.4 Å². The summed E-state index contributed by atoms with van der Waals surface area (Å²) in [6.45, 7) is 1.56. The van der Waals surface area contributed by atoms with E-state index >= 15 is 0 Å². The van der Waals surface area contributed by atoms with Gasteiger partial charge in [-0.3, -0.25) is 9.59 Å². The van der Waals surface area contributed by atoms with Crippen molar-refractivity contribution >= 4 is 11.9 Å². The molecule has 8 heteroatoms. The molecule has 0 saturated carbocycles. The van der Waals surface area contributed by atoms with Crippen LogP contribution in [0.4, 0.5) is 17.6 Å². The molecule has 0 aliphatic rings. The smallest absolute Gasteiger partial charge is 0.471 e. The van der Waals surface area contributed by atoms with Crippen LogP contribution in [0.3, 0.4) is 0 Å². The number of aliphatic carboxylic acids is 1. The zero-order chi connectivity index (χ0) is 15.5.